The Morgan fingerprint density at radius 1 is 1.24 bits per heavy atom. The highest BCUT2D eigenvalue weighted by Crippen LogP contribution is 2.15. The van der Waals surface area contributed by atoms with Crippen LogP contribution in [-0.2, 0) is 0 Å². The van der Waals surface area contributed by atoms with E-state index in [1.807, 2.05) is 19.3 Å². The van der Waals surface area contributed by atoms with E-state index < -0.39 is 0 Å². The van der Waals surface area contributed by atoms with Gasteiger partial charge in [0.1, 0.15) is 5.82 Å². The van der Waals surface area contributed by atoms with E-state index in [-0.39, 0.29) is 24.0 Å². The highest BCUT2D eigenvalue weighted by Gasteiger charge is 2.23. The van der Waals surface area contributed by atoms with Crippen LogP contribution >= 0.6 is 24.0 Å². The van der Waals surface area contributed by atoms with Gasteiger partial charge in [-0.15, -0.1) is 24.0 Å². The van der Waals surface area contributed by atoms with Crippen molar-refractivity contribution in [3.8, 4) is 0 Å². The van der Waals surface area contributed by atoms with Crippen LogP contribution in [0.1, 0.15) is 13.3 Å². The number of halogens is 1. The van der Waals surface area contributed by atoms with Crippen molar-refractivity contribution in [2.45, 2.75) is 13.3 Å². The maximum absolute atomic E-state index is 4.49. The fraction of sp³-hybridized carbons (Fsp3) is 0.667. The van der Waals surface area contributed by atoms with Crippen LogP contribution in [0.3, 0.4) is 0 Å². The number of hydrogen-bond donors (Lipinski definition) is 1. The average molecular weight is 458 g/mol. The van der Waals surface area contributed by atoms with Gasteiger partial charge in [-0.1, -0.05) is 13.0 Å². The van der Waals surface area contributed by atoms with Crippen molar-refractivity contribution < 1.29 is 0 Å². The van der Waals surface area contributed by atoms with Crippen molar-refractivity contribution in [1.82, 2.24) is 20.1 Å². The first kappa shape index (κ1) is 20.2. The molecule has 2 aliphatic rings. The number of anilines is 1. The molecule has 7 heteroatoms. The van der Waals surface area contributed by atoms with E-state index in [1.54, 1.807) is 0 Å². The normalized spacial score (nSPS) is 22.0. The van der Waals surface area contributed by atoms with Crippen molar-refractivity contribution in [2.24, 2.45) is 10.9 Å². The van der Waals surface area contributed by atoms with Gasteiger partial charge in [0.15, 0.2) is 5.96 Å². The van der Waals surface area contributed by atoms with Crippen LogP contribution in [0.15, 0.2) is 29.4 Å². The fourth-order valence-electron chi connectivity index (χ4n) is 3.62. The molecular formula is C18H31IN6. The maximum Gasteiger partial charge on any atom is 0.193 e. The second-order valence-electron chi connectivity index (χ2n) is 6.64. The van der Waals surface area contributed by atoms with E-state index >= 15 is 0 Å². The molecule has 140 valence electrons. The molecule has 0 radical (unpaired) electrons. The standard InChI is InChI=1S/C18H30N6.HI/c1-3-22-9-7-16(15-22)14-21-18(19-2)24-12-10-23(11-13-24)17-6-4-5-8-20-17;/h4-6,8,16H,3,7,9-15H2,1-2H3,(H,19,21);1H. The van der Waals surface area contributed by atoms with Gasteiger partial charge in [0.05, 0.1) is 0 Å². The predicted octanol–water partition coefficient (Wildman–Crippen LogP) is 1.74. The Hall–Kier alpha value is -1.09. The van der Waals surface area contributed by atoms with Gasteiger partial charge < -0.3 is 20.0 Å². The largest absolute Gasteiger partial charge is 0.356 e. The Bertz CT molecular complexity index is 530. The minimum absolute atomic E-state index is 0. The van der Waals surface area contributed by atoms with Crippen LogP contribution in [0.2, 0.25) is 0 Å². The lowest BCUT2D eigenvalue weighted by Gasteiger charge is -2.37. The molecule has 6 nitrogen and oxygen atoms in total. The number of nitrogens with zero attached hydrogens (tertiary/aromatic N) is 5. The number of piperazine rings is 1. The van der Waals surface area contributed by atoms with Gasteiger partial charge in [0.2, 0.25) is 0 Å². The highest BCUT2D eigenvalue weighted by molar-refractivity contribution is 14.0. The number of nitrogens with one attached hydrogen (secondary N) is 1. The highest BCUT2D eigenvalue weighted by atomic mass is 127. The summed E-state index contributed by atoms with van der Waals surface area (Å²) in [6, 6.07) is 6.10. The lowest BCUT2D eigenvalue weighted by atomic mass is 10.1. The van der Waals surface area contributed by atoms with Crippen molar-refractivity contribution in [1.29, 1.82) is 0 Å². The van der Waals surface area contributed by atoms with Crippen LogP contribution in [0, 0.1) is 5.92 Å². The molecule has 1 unspecified atom stereocenters. The molecule has 0 spiro atoms. The van der Waals surface area contributed by atoms with Gasteiger partial charge in [-0.3, -0.25) is 4.99 Å². The predicted molar refractivity (Wildman–Crippen MR) is 115 cm³/mol. The zero-order chi connectivity index (χ0) is 16.8. The molecular weight excluding hydrogens is 427 g/mol. The molecule has 1 atom stereocenters. The van der Waals surface area contributed by atoms with Crippen molar-refractivity contribution in [2.75, 3.05) is 64.3 Å². The van der Waals surface area contributed by atoms with E-state index in [4.69, 9.17) is 0 Å². The average Bonchev–Trinajstić information content (AvgIpc) is 3.12. The zero-order valence-corrected chi connectivity index (χ0v) is 17.7. The first-order valence-electron chi connectivity index (χ1n) is 9.14. The summed E-state index contributed by atoms with van der Waals surface area (Å²) in [4.78, 5) is 16.2. The Kier molecular flexibility index (Phi) is 8.21. The van der Waals surface area contributed by atoms with E-state index in [9.17, 15) is 0 Å². The molecule has 2 fully saturated rings. The minimum Gasteiger partial charge on any atom is -0.356 e. The van der Waals surface area contributed by atoms with E-state index in [2.05, 4.69) is 49.0 Å². The third kappa shape index (κ3) is 5.44. The molecule has 0 bridgehead atoms. The molecule has 1 N–H and O–H groups in total. The number of aromatic nitrogens is 1. The van der Waals surface area contributed by atoms with Crippen LogP contribution in [0.5, 0.6) is 0 Å². The van der Waals surface area contributed by atoms with Crippen molar-refractivity contribution in [3.05, 3.63) is 24.4 Å². The third-order valence-electron chi connectivity index (χ3n) is 5.13. The van der Waals surface area contributed by atoms with Gasteiger partial charge in [0, 0.05) is 52.5 Å². The zero-order valence-electron chi connectivity index (χ0n) is 15.4. The Morgan fingerprint density at radius 3 is 2.64 bits per heavy atom. The molecule has 0 saturated carbocycles. The maximum atomic E-state index is 4.49. The first-order chi connectivity index (χ1) is 11.8. The molecule has 2 aliphatic heterocycles. The number of likely N-dealkylation sites (tertiary alicyclic amines) is 1. The molecule has 2 saturated heterocycles. The van der Waals surface area contributed by atoms with Crippen LogP contribution in [-0.4, -0.2) is 80.1 Å². The van der Waals surface area contributed by atoms with Gasteiger partial charge in [-0.25, -0.2) is 4.98 Å². The Labute approximate surface area is 168 Å². The van der Waals surface area contributed by atoms with Crippen molar-refractivity contribution in [3.63, 3.8) is 0 Å². The molecule has 25 heavy (non-hydrogen) atoms. The summed E-state index contributed by atoms with van der Waals surface area (Å²) in [5.41, 5.74) is 0. The summed E-state index contributed by atoms with van der Waals surface area (Å²) in [5, 5.41) is 3.60. The number of pyridine rings is 1. The Morgan fingerprint density at radius 2 is 2.04 bits per heavy atom. The van der Waals surface area contributed by atoms with Gasteiger partial charge in [-0.05, 0) is 37.6 Å². The molecule has 1 aromatic heterocycles. The molecule has 3 heterocycles. The summed E-state index contributed by atoms with van der Waals surface area (Å²) in [5.74, 6) is 2.87. The second-order valence-corrected chi connectivity index (χ2v) is 6.64. The summed E-state index contributed by atoms with van der Waals surface area (Å²) in [6.45, 7) is 10.9. The number of rotatable bonds is 4. The van der Waals surface area contributed by atoms with E-state index in [1.165, 1.54) is 26.1 Å². The molecule has 1 aromatic rings. The number of aliphatic imine (C=N–C) groups is 1. The summed E-state index contributed by atoms with van der Waals surface area (Å²) >= 11 is 0. The van der Waals surface area contributed by atoms with E-state index in [0.29, 0.717) is 0 Å². The fourth-order valence-corrected chi connectivity index (χ4v) is 3.62. The minimum atomic E-state index is 0. The smallest absolute Gasteiger partial charge is 0.193 e. The topological polar surface area (TPSA) is 47.0 Å². The monoisotopic (exact) mass is 458 g/mol. The van der Waals surface area contributed by atoms with Crippen LogP contribution in [0.4, 0.5) is 5.82 Å². The molecule has 0 aliphatic carbocycles. The lowest BCUT2D eigenvalue weighted by Crippen LogP contribution is -2.53. The summed E-state index contributed by atoms with van der Waals surface area (Å²) in [6.07, 6.45) is 3.16. The molecule has 0 aromatic carbocycles. The number of hydrogen-bond acceptors (Lipinski definition) is 4. The Balaban J connectivity index is 0.00000225. The van der Waals surface area contributed by atoms with Crippen LogP contribution in [0.25, 0.3) is 0 Å². The van der Waals surface area contributed by atoms with Crippen LogP contribution < -0.4 is 10.2 Å². The van der Waals surface area contributed by atoms with Crippen molar-refractivity contribution >= 4 is 35.8 Å². The number of guanidine groups is 1. The summed E-state index contributed by atoms with van der Waals surface area (Å²) in [7, 11) is 1.89. The SMILES string of the molecule is CCN1CCC(CNC(=NC)N2CCN(c3ccccn3)CC2)C1.I. The molecule has 3 rings (SSSR count). The van der Waals surface area contributed by atoms with Gasteiger partial charge in [-0.2, -0.15) is 0 Å². The quantitative estimate of drug-likeness (QED) is 0.423. The van der Waals surface area contributed by atoms with Gasteiger partial charge >= 0.3 is 0 Å². The second kappa shape index (κ2) is 10.2. The molecule has 0 amide bonds. The van der Waals surface area contributed by atoms with E-state index in [0.717, 1.165) is 50.4 Å². The summed E-state index contributed by atoms with van der Waals surface area (Å²) < 4.78 is 0. The lowest BCUT2D eigenvalue weighted by molar-refractivity contribution is 0.337. The van der Waals surface area contributed by atoms with Gasteiger partial charge in [0.25, 0.3) is 0 Å². The third-order valence-corrected chi connectivity index (χ3v) is 5.13. The first-order valence-corrected chi connectivity index (χ1v) is 9.14.